The third kappa shape index (κ3) is 3.67. The maximum atomic E-state index is 12.3. The average molecular weight is 366 g/mol. The molecule has 0 N–H and O–H groups in total. The molecule has 2 aromatic rings. The van der Waals surface area contributed by atoms with Gasteiger partial charge in [-0.15, -0.1) is 0 Å². The Morgan fingerprint density at radius 3 is 2.11 bits per heavy atom. The van der Waals surface area contributed by atoms with Gasteiger partial charge in [-0.05, 0) is 60.9 Å². The van der Waals surface area contributed by atoms with Crippen LogP contribution in [0.3, 0.4) is 0 Å². The summed E-state index contributed by atoms with van der Waals surface area (Å²) in [5.41, 5.74) is 4.41. The van der Waals surface area contributed by atoms with Crippen molar-refractivity contribution in [3.05, 3.63) is 64.2 Å². The first kappa shape index (κ1) is 18.6. The van der Waals surface area contributed by atoms with Crippen LogP contribution in [0, 0.1) is 13.8 Å². The molecule has 0 bridgehead atoms. The molecule has 1 heterocycles. The molecule has 0 atom stereocenters. The van der Waals surface area contributed by atoms with Gasteiger partial charge < -0.3 is 18.9 Å². The SMILES string of the molecule is COc1cc(/C=C2\C=C(c3ccc(C)c(C)c3)OC2=O)cc(OC)c1OC. The quantitative estimate of drug-likeness (QED) is 0.583. The lowest BCUT2D eigenvalue weighted by molar-refractivity contribution is -0.130. The van der Waals surface area contributed by atoms with E-state index >= 15 is 0 Å². The molecule has 1 aliphatic heterocycles. The summed E-state index contributed by atoms with van der Waals surface area (Å²) in [6.45, 7) is 4.08. The summed E-state index contributed by atoms with van der Waals surface area (Å²) in [7, 11) is 4.65. The Morgan fingerprint density at radius 2 is 1.56 bits per heavy atom. The zero-order valence-electron chi connectivity index (χ0n) is 16.1. The molecule has 1 aliphatic rings. The van der Waals surface area contributed by atoms with Crippen LogP contribution >= 0.6 is 0 Å². The van der Waals surface area contributed by atoms with Crippen molar-refractivity contribution in [3.8, 4) is 17.2 Å². The highest BCUT2D eigenvalue weighted by atomic mass is 16.5. The molecule has 3 rings (SSSR count). The van der Waals surface area contributed by atoms with Crippen LogP contribution in [0.1, 0.15) is 22.3 Å². The molecule has 140 valence electrons. The fourth-order valence-electron chi connectivity index (χ4n) is 2.89. The Labute approximate surface area is 158 Å². The molecular formula is C22H22O5. The number of cyclic esters (lactones) is 1. The number of methoxy groups -OCH3 is 3. The maximum absolute atomic E-state index is 12.3. The second kappa shape index (κ2) is 7.58. The molecule has 0 fully saturated rings. The van der Waals surface area contributed by atoms with Crippen LogP contribution in [0.5, 0.6) is 17.2 Å². The van der Waals surface area contributed by atoms with Crippen LogP contribution in [0.2, 0.25) is 0 Å². The van der Waals surface area contributed by atoms with Crippen LogP contribution in [0.15, 0.2) is 42.0 Å². The van der Waals surface area contributed by atoms with E-state index in [9.17, 15) is 4.79 Å². The highest BCUT2D eigenvalue weighted by Gasteiger charge is 2.23. The standard InChI is InChI=1S/C22H22O5/c1-13-6-7-16(8-14(13)2)18-12-17(22(23)27-18)9-15-10-19(24-3)21(26-5)20(11-15)25-4/h6-12H,1-5H3/b17-9+. The smallest absolute Gasteiger partial charge is 0.343 e. The third-order valence-corrected chi connectivity index (χ3v) is 4.53. The van der Waals surface area contributed by atoms with Crippen molar-refractivity contribution in [2.45, 2.75) is 13.8 Å². The third-order valence-electron chi connectivity index (χ3n) is 4.53. The topological polar surface area (TPSA) is 54.0 Å². The minimum Gasteiger partial charge on any atom is -0.493 e. The Morgan fingerprint density at radius 1 is 0.889 bits per heavy atom. The first-order valence-corrected chi connectivity index (χ1v) is 8.50. The Kier molecular flexibility index (Phi) is 5.21. The van der Waals surface area contributed by atoms with Gasteiger partial charge in [0.05, 0.1) is 26.9 Å². The zero-order valence-corrected chi connectivity index (χ0v) is 16.1. The van der Waals surface area contributed by atoms with Gasteiger partial charge in [0.2, 0.25) is 5.75 Å². The summed E-state index contributed by atoms with van der Waals surface area (Å²) in [4.78, 5) is 12.3. The summed E-state index contributed by atoms with van der Waals surface area (Å²) in [5, 5.41) is 0. The second-order valence-electron chi connectivity index (χ2n) is 6.26. The van der Waals surface area contributed by atoms with E-state index in [4.69, 9.17) is 18.9 Å². The maximum Gasteiger partial charge on any atom is 0.343 e. The summed E-state index contributed by atoms with van der Waals surface area (Å²) >= 11 is 0. The predicted molar refractivity (Wildman–Crippen MR) is 104 cm³/mol. The summed E-state index contributed by atoms with van der Waals surface area (Å²) in [6.07, 6.45) is 3.48. The Bertz CT molecular complexity index is 928. The number of rotatable bonds is 5. The van der Waals surface area contributed by atoms with Crippen LogP contribution in [0.4, 0.5) is 0 Å². The normalized spacial score (nSPS) is 14.8. The minimum atomic E-state index is -0.392. The molecule has 27 heavy (non-hydrogen) atoms. The van der Waals surface area contributed by atoms with Gasteiger partial charge in [-0.25, -0.2) is 4.79 Å². The van der Waals surface area contributed by atoms with Crippen molar-refractivity contribution in [1.29, 1.82) is 0 Å². The lowest BCUT2D eigenvalue weighted by Crippen LogP contribution is -1.98. The van der Waals surface area contributed by atoms with Crippen molar-refractivity contribution < 1.29 is 23.7 Å². The number of esters is 1. The number of benzene rings is 2. The first-order valence-electron chi connectivity index (χ1n) is 8.50. The number of carbonyl (C=O) groups is 1. The van der Waals surface area contributed by atoms with E-state index in [2.05, 4.69) is 0 Å². The van der Waals surface area contributed by atoms with Gasteiger partial charge in [-0.1, -0.05) is 12.1 Å². The van der Waals surface area contributed by atoms with E-state index in [-0.39, 0.29) is 0 Å². The van der Waals surface area contributed by atoms with Gasteiger partial charge in [-0.2, -0.15) is 0 Å². The van der Waals surface area contributed by atoms with E-state index in [1.54, 1.807) is 45.6 Å². The summed E-state index contributed by atoms with van der Waals surface area (Å²) in [5.74, 6) is 1.70. The van der Waals surface area contributed by atoms with Crippen LogP contribution < -0.4 is 14.2 Å². The molecule has 0 unspecified atom stereocenters. The molecule has 0 aromatic heterocycles. The Hall–Kier alpha value is -3.21. The largest absolute Gasteiger partial charge is 0.493 e. The van der Waals surface area contributed by atoms with Crippen molar-refractivity contribution in [1.82, 2.24) is 0 Å². The Balaban J connectivity index is 2.00. The van der Waals surface area contributed by atoms with Gasteiger partial charge in [0.25, 0.3) is 0 Å². The van der Waals surface area contributed by atoms with Gasteiger partial charge in [-0.3, -0.25) is 0 Å². The number of hydrogen-bond donors (Lipinski definition) is 0. The molecule has 0 saturated carbocycles. The highest BCUT2D eigenvalue weighted by Crippen LogP contribution is 2.39. The van der Waals surface area contributed by atoms with Crippen LogP contribution in [-0.4, -0.2) is 27.3 Å². The number of aryl methyl sites for hydroxylation is 2. The zero-order chi connectivity index (χ0) is 19.6. The molecule has 5 heteroatoms. The lowest BCUT2D eigenvalue weighted by atomic mass is 10.0. The summed E-state index contributed by atoms with van der Waals surface area (Å²) < 4.78 is 21.5. The lowest BCUT2D eigenvalue weighted by Gasteiger charge is -2.12. The van der Waals surface area contributed by atoms with Crippen LogP contribution in [-0.2, 0) is 9.53 Å². The molecule has 5 nitrogen and oxygen atoms in total. The average Bonchev–Trinajstić information content (AvgIpc) is 3.03. The van der Waals surface area contributed by atoms with E-state index in [1.165, 1.54) is 5.56 Å². The molecular weight excluding hydrogens is 344 g/mol. The molecule has 0 spiro atoms. The van der Waals surface area contributed by atoms with Crippen molar-refractivity contribution >= 4 is 17.8 Å². The summed E-state index contributed by atoms with van der Waals surface area (Å²) in [6, 6.07) is 9.54. The van der Waals surface area contributed by atoms with E-state index in [0.717, 1.165) is 16.7 Å². The molecule has 2 aromatic carbocycles. The fourth-order valence-corrected chi connectivity index (χ4v) is 2.89. The fraction of sp³-hybridized carbons (Fsp3) is 0.227. The molecule has 0 aliphatic carbocycles. The van der Waals surface area contributed by atoms with Crippen molar-refractivity contribution in [2.24, 2.45) is 0 Å². The first-order chi connectivity index (χ1) is 13.0. The number of hydrogen-bond acceptors (Lipinski definition) is 5. The molecule has 0 saturated heterocycles. The molecule has 0 amide bonds. The minimum absolute atomic E-state index is 0.392. The second-order valence-corrected chi connectivity index (χ2v) is 6.26. The van der Waals surface area contributed by atoms with Crippen LogP contribution in [0.25, 0.3) is 11.8 Å². The monoisotopic (exact) mass is 366 g/mol. The predicted octanol–water partition coefficient (Wildman–Crippen LogP) is 4.31. The van der Waals surface area contributed by atoms with Gasteiger partial charge in [0, 0.05) is 5.56 Å². The number of carbonyl (C=O) groups excluding carboxylic acids is 1. The van der Waals surface area contributed by atoms with Gasteiger partial charge >= 0.3 is 5.97 Å². The van der Waals surface area contributed by atoms with E-state index in [0.29, 0.717) is 28.6 Å². The van der Waals surface area contributed by atoms with Gasteiger partial charge in [0.15, 0.2) is 11.5 Å². The number of ether oxygens (including phenoxy) is 4. The van der Waals surface area contributed by atoms with Gasteiger partial charge in [0.1, 0.15) is 5.76 Å². The van der Waals surface area contributed by atoms with Crippen molar-refractivity contribution in [2.75, 3.05) is 21.3 Å². The van der Waals surface area contributed by atoms with E-state index in [1.807, 2.05) is 32.0 Å². The van der Waals surface area contributed by atoms with Crippen molar-refractivity contribution in [3.63, 3.8) is 0 Å². The molecule has 0 radical (unpaired) electrons. The highest BCUT2D eigenvalue weighted by molar-refractivity contribution is 6.05. The van der Waals surface area contributed by atoms with E-state index < -0.39 is 5.97 Å².